The highest BCUT2D eigenvalue weighted by Crippen LogP contribution is 2.15. The second kappa shape index (κ2) is 4.60. The van der Waals surface area contributed by atoms with E-state index in [9.17, 15) is 0 Å². The van der Waals surface area contributed by atoms with Gasteiger partial charge in [0.25, 0.3) is 5.95 Å². The molecule has 0 atom stereocenters. The Morgan fingerprint density at radius 2 is 2.33 bits per heavy atom. The zero-order valence-corrected chi connectivity index (χ0v) is 11.0. The molecule has 15 heavy (non-hydrogen) atoms. The molecule has 0 unspecified atom stereocenters. The van der Waals surface area contributed by atoms with Crippen LogP contribution in [-0.2, 0) is 7.05 Å². The molecule has 0 amide bonds. The number of hydrogen-bond donors (Lipinski definition) is 0. The summed E-state index contributed by atoms with van der Waals surface area (Å²) in [5.74, 6) is 0.417. The summed E-state index contributed by atoms with van der Waals surface area (Å²) >= 11 is 7.34. The first-order valence-electron chi connectivity index (χ1n) is 3.82. The van der Waals surface area contributed by atoms with Crippen LogP contribution in [0.4, 0.5) is 5.95 Å². The fraction of sp³-hybridized carbons (Fsp3) is 0.333. The van der Waals surface area contributed by atoms with Gasteiger partial charge in [0.15, 0.2) is 15.0 Å². The zero-order chi connectivity index (χ0) is 10.8. The minimum absolute atomic E-state index is 0.406. The summed E-state index contributed by atoms with van der Waals surface area (Å²) in [6, 6.07) is 0. The number of aryl methyl sites for hydroxylation is 1. The third kappa shape index (κ3) is 2.39. The van der Waals surface area contributed by atoms with Crippen LogP contribution in [0.3, 0.4) is 0 Å². The largest absolute Gasteiger partial charge is 0.270 e. The van der Waals surface area contributed by atoms with Gasteiger partial charge < -0.3 is 0 Å². The van der Waals surface area contributed by atoms with Crippen molar-refractivity contribution in [2.45, 2.75) is 5.16 Å². The smallest absolute Gasteiger partial charge is 0.242 e. The van der Waals surface area contributed by atoms with Gasteiger partial charge in [-0.2, -0.15) is 14.3 Å². The molecular weight excluding hydrogens is 274 g/mol. The highest BCUT2D eigenvalue weighted by Gasteiger charge is 2.05. The van der Waals surface area contributed by atoms with E-state index in [1.165, 1.54) is 32.6 Å². The minimum Gasteiger partial charge on any atom is -0.242 e. The Labute approximate surface area is 102 Å². The number of rotatable bonds is 2. The van der Waals surface area contributed by atoms with Crippen LogP contribution in [0.15, 0.2) is 10.1 Å². The van der Waals surface area contributed by atoms with Crippen LogP contribution in [0.25, 0.3) is 0 Å². The molecule has 9 heteroatoms. The fourth-order valence-electron chi connectivity index (χ4n) is 0.898. The van der Waals surface area contributed by atoms with E-state index in [2.05, 4.69) is 19.4 Å². The summed E-state index contributed by atoms with van der Waals surface area (Å²) in [4.78, 5) is 8.43. The Morgan fingerprint density at radius 1 is 1.53 bits per heavy atom. The molecule has 80 valence electrons. The SMILES string of the molecule is CSc1nc(/N=c2/ssnc2Cl)nn1C. The van der Waals surface area contributed by atoms with Crippen molar-refractivity contribution < 1.29 is 0 Å². The van der Waals surface area contributed by atoms with Gasteiger partial charge in [-0.25, -0.2) is 4.68 Å². The van der Waals surface area contributed by atoms with Crippen molar-refractivity contribution in [3.63, 3.8) is 0 Å². The van der Waals surface area contributed by atoms with E-state index >= 15 is 0 Å². The normalized spacial score (nSPS) is 12.3. The Kier molecular flexibility index (Phi) is 3.39. The molecular formula is C6H6ClN5S3. The van der Waals surface area contributed by atoms with E-state index in [4.69, 9.17) is 11.6 Å². The van der Waals surface area contributed by atoms with Gasteiger partial charge in [-0.05, 0) is 16.6 Å². The lowest BCUT2D eigenvalue weighted by Gasteiger charge is -1.89. The summed E-state index contributed by atoms with van der Waals surface area (Å²) < 4.78 is 6.26. The number of hydrogen-bond acceptors (Lipinski definition) is 7. The van der Waals surface area contributed by atoms with Crippen LogP contribution in [0, 0.1) is 0 Å². The lowest BCUT2D eigenvalue weighted by Crippen LogP contribution is -1.94. The average molecular weight is 280 g/mol. The van der Waals surface area contributed by atoms with Gasteiger partial charge in [0.1, 0.15) is 0 Å². The molecule has 0 saturated heterocycles. The van der Waals surface area contributed by atoms with Gasteiger partial charge in [-0.15, -0.1) is 5.10 Å². The molecule has 0 aromatic carbocycles. The van der Waals surface area contributed by atoms with E-state index in [0.29, 0.717) is 15.8 Å². The highest BCUT2D eigenvalue weighted by molar-refractivity contribution is 7.98. The predicted octanol–water partition coefficient (Wildman–Crippen LogP) is 1.94. The highest BCUT2D eigenvalue weighted by atomic mass is 35.5. The molecule has 0 aliphatic carbocycles. The fourth-order valence-corrected chi connectivity index (χ4v) is 3.34. The molecule has 0 radical (unpaired) electrons. The van der Waals surface area contributed by atoms with Crippen LogP contribution in [0.5, 0.6) is 0 Å². The van der Waals surface area contributed by atoms with Crippen molar-refractivity contribution in [3.8, 4) is 0 Å². The molecule has 0 aliphatic rings. The molecule has 2 heterocycles. The Hall–Kier alpha value is -0.440. The first-order chi connectivity index (χ1) is 7.20. The Morgan fingerprint density at radius 3 is 2.87 bits per heavy atom. The molecule has 0 saturated carbocycles. The van der Waals surface area contributed by atoms with E-state index in [1.54, 1.807) is 4.68 Å². The molecule has 0 bridgehead atoms. The van der Waals surface area contributed by atoms with Crippen molar-refractivity contribution in [1.82, 2.24) is 19.1 Å². The lowest BCUT2D eigenvalue weighted by molar-refractivity contribution is 0.686. The molecule has 2 rings (SSSR count). The van der Waals surface area contributed by atoms with Gasteiger partial charge in [0.05, 0.1) is 0 Å². The molecule has 2 aromatic rings. The van der Waals surface area contributed by atoms with Crippen LogP contribution >= 0.6 is 44.2 Å². The van der Waals surface area contributed by atoms with Crippen LogP contribution < -0.4 is 4.67 Å². The number of thioether (sulfide) groups is 1. The van der Waals surface area contributed by atoms with Gasteiger partial charge in [-0.3, -0.25) is 0 Å². The first-order valence-corrected chi connectivity index (χ1v) is 7.53. The average Bonchev–Trinajstić information content (AvgIpc) is 2.75. The summed E-state index contributed by atoms with van der Waals surface area (Å²) in [5, 5.41) is 5.36. The van der Waals surface area contributed by atoms with Crippen molar-refractivity contribution in [1.29, 1.82) is 0 Å². The molecule has 0 N–H and O–H groups in total. The van der Waals surface area contributed by atoms with E-state index in [0.717, 1.165) is 5.16 Å². The van der Waals surface area contributed by atoms with Gasteiger partial charge in [0.2, 0.25) is 0 Å². The lowest BCUT2D eigenvalue weighted by atomic mass is 10.9. The Bertz CT molecular complexity index is 527. The maximum absolute atomic E-state index is 5.82. The predicted molar refractivity (Wildman–Crippen MR) is 63.0 cm³/mol. The summed E-state index contributed by atoms with van der Waals surface area (Å²) in [6.07, 6.45) is 1.94. The van der Waals surface area contributed by atoms with Crippen molar-refractivity contribution in [3.05, 3.63) is 9.82 Å². The minimum atomic E-state index is 0.406. The van der Waals surface area contributed by atoms with E-state index < -0.39 is 0 Å². The first kappa shape index (κ1) is 11.1. The second-order valence-corrected chi connectivity index (χ2v) is 5.44. The van der Waals surface area contributed by atoms with Crippen LogP contribution in [-0.4, -0.2) is 25.4 Å². The molecule has 0 aliphatic heterocycles. The van der Waals surface area contributed by atoms with Gasteiger partial charge in [0, 0.05) is 17.6 Å². The zero-order valence-electron chi connectivity index (χ0n) is 7.84. The molecule has 0 fully saturated rings. The van der Waals surface area contributed by atoms with Gasteiger partial charge >= 0.3 is 0 Å². The maximum Gasteiger partial charge on any atom is 0.270 e. The molecule has 2 aromatic heterocycles. The van der Waals surface area contributed by atoms with Crippen molar-refractivity contribution in [2.75, 3.05) is 6.26 Å². The van der Waals surface area contributed by atoms with Crippen LogP contribution in [0.2, 0.25) is 5.15 Å². The second-order valence-electron chi connectivity index (χ2n) is 2.48. The Balaban J connectivity index is 2.44. The van der Waals surface area contributed by atoms with Crippen molar-refractivity contribution >= 4 is 50.2 Å². The number of nitrogens with zero attached hydrogens (tertiary/aromatic N) is 5. The monoisotopic (exact) mass is 279 g/mol. The number of halogens is 1. The van der Waals surface area contributed by atoms with Crippen molar-refractivity contribution in [2.24, 2.45) is 12.0 Å². The molecule has 0 spiro atoms. The molecule has 5 nitrogen and oxygen atoms in total. The summed E-state index contributed by atoms with van der Waals surface area (Å²) in [5.41, 5.74) is 0. The topological polar surface area (TPSA) is 56.0 Å². The van der Waals surface area contributed by atoms with E-state index in [-0.39, 0.29) is 0 Å². The third-order valence-electron chi connectivity index (χ3n) is 1.51. The quantitative estimate of drug-likeness (QED) is 0.623. The summed E-state index contributed by atoms with van der Waals surface area (Å²) in [7, 11) is 4.53. The van der Waals surface area contributed by atoms with Crippen LogP contribution in [0.1, 0.15) is 0 Å². The van der Waals surface area contributed by atoms with E-state index in [1.807, 2.05) is 13.3 Å². The maximum atomic E-state index is 5.82. The third-order valence-corrected chi connectivity index (χ3v) is 4.40. The standard InChI is InChI=1S/C6H6ClN5S3/c1-12-6(13-2)9-5(10-12)8-4-3(7)11-15-14-4/h1-2H3/b8-4+. The van der Waals surface area contributed by atoms with Gasteiger partial charge in [-0.1, -0.05) is 23.4 Å². The summed E-state index contributed by atoms with van der Waals surface area (Å²) in [6.45, 7) is 0. The number of aromatic nitrogens is 4.